The number of nitrogens with one attached hydrogen (secondary N) is 1. The van der Waals surface area contributed by atoms with Crippen molar-refractivity contribution in [2.75, 3.05) is 34.0 Å². The van der Waals surface area contributed by atoms with E-state index in [9.17, 15) is 14.7 Å². The van der Waals surface area contributed by atoms with Crippen molar-refractivity contribution in [3.63, 3.8) is 0 Å². The van der Waals surface area contributed by atoms with E-state index in [1.54, 1.807) is 26.2 Å². The molecule has 8 nitrogen and oxygen atoms in total. The fraction of sp³-hybridized carbons (Fsp3) is 0.379. The fourth-order valence-electron chi connectivity index (χ4n) is 5.09. The van der Waals surface area contributed by atoms with Gasteiger partial charge in [0.05, 0.1) is 31.4 Å². The molecule has 1 aliphatic carbocycles. The van der Waals surface area contributed by atoms with Gasteiger partial charge in [-0.2, -0.15) is 0 Å². The minimum absolute atomic E-state index is 0.0363. The number of phenols is 1. The number of esters is 1. The lowest BCUT2D eigenvalue weighted by Gasteiger charge is -2.37. The van der Waals surface area contributed by atoms with Crippen LogP contribution in [0.15, 0.2) is 58.9 Å². The van der Waals surface area contributed by atoms with Crippen molar-refractivity contribution in [2.24, 2.45) is 0 Å². The average Bonchev–Trinajstić information content (AvgIpc) is 2.91. The van der Waals surface area contributed by atoms with Crippen molar-refractivity contribution in [1.82, 2.24) is 5.32 Å². The molecule has 1 heterocycles. The maximum Gasteiger partial charge on any atom is 0.336 e. The van der Waals surface area contributed by atoms with Crippen LogP contribution in [0.25, 0.3) is 0 Å². The summed E-state index contributed by atoms with van der Waals surface area (Å²) in [7, 11) is 3.03. The van der Waals surface area contributed by atoms with Crippen molar-refractivity contribution in [1.29, 1.82) is 0 Å². The molecule has 0 unspecified atom stereocenters. The van der Waals surface area contributed by atoms with Gasteiger partial charge in [0.1, 0.15) is 12.4 Å². The van der Waals surface area contributed by atoms with Crippen LogP contribution in [0.4, 0.5) is 0 Å². The lowest BCUT2D eigenvalue weighted by molar-refractivity contribution is -0.140. The summed E-state index contributed by atoms with van der Waals surface area (Å²) < 4.78 is 21.4. The Morgan fingerprint density at radius 3 is 2.47 bits per heavy atom. The Balaban J connectivity index is 1.76. The maximum atomic E-state index is 13.8. The maximum absolute atomic E-state index is 13.8. The normalized spacial score (nSPS) is 19.1. The first-order valence-electron chi connectivity index (χ1n) is 12.5. The molecule has 0 spiro atoms. The van der Waals surface area contributed by atoms with Crippen LogP contribution >= 0.6 is 11.6 Å². The summed E-state index contributed by atoms with van der Waals surface area (Å²) in [5, 5.41) is 13.7. The molecule has 0 saturated carbocycles. The quantitative estimate of drug-likeness (QED) is 0.337. The predicted molar refractivity (Wildman–Crippen MR) is 143 cm³/mol. The number of hydrogen-bond donors (Lipinski definition) is 2. The number of hydrogen-bond acceptors (Lipinski definition) is 8. The summed E-state index contributed by atoms with van der Waals surface area (Å²) in [5.41, 5.74) is 3.70. The topological polar surface area (TPSA) is 103 Å². The van der Waals surface area contributed by atoms with Gasteiger partial charge in [-0.1, -0.05) is 23.7 Å². The molecule has 38 heavy (non-hydrogen) atoms. The van der Waals surface area contributed by atoms with Gasteiger partial charge < -0.3 is 29.4 Å². The molecular formula is C29H32ClNO7. The molecule has 0 radical (unpaired) electrons. The van der Waals surface area contributed by atoms with Gasteiger partial charge in [-0.15, -0.1) is 0 Å². The lowest BCUT2D eigenvalue weighted by atomic mass is 9.71. The van der Waals surface area contributed by atoms with E-state index in [-0.39, 0.29) is 47.9 Å². The lowest BCUT2D eigenvalue weighted by Crippen LogP contribution is -2.36. The van der Waals surface area contributed by atoms with Crippen molar-refractivity contribution in [3.8, 4) is 17.2 Å². The molecule has 202 valence electrons. The number of halogens is 1. The Hall–Kier alpha value is -3.49. The smallest absolute Gasteiger partial charge is 0.336 e. The zero-order chi connectivity index (χ0) is 27.4. The van der Waals surface area contributed by atoms with Gasteiger partial charge in [-0.3, -0.25) is 4.79 Å². The van der Waals surface area contributed by atoms with E-state index in [4.69, 9.17) is 30.5 Å². The van der Waals surface area contributed by atoms with Crippen LogP contribution < -0.4 is 14.8 Å². The Kier molecular flexibility index (Phi) is 8.64. The Bertz CT molecular complexity index is 1280. The summed E-state index contributed by atoms with van der Waals surface area (Å²) in [6.07, 6.45) is 0.856. The number of ether oxygens (including phenoxy) is 4. The molecule has 0 fully saturated rings. The van der Waals surface area contributed by atoms with Crippen molar-refractivity contribution in [3.05, 3.63) is 75.1 Å². The monoisotopic (exact) mass is 541 g/mol. The number of benzene rings is 2. The number of carbonyl (C=O) groups is 2. The van der Waals surface area contributed by atoms with Crippen molar-refractivity contribution in [2.45, 2.75) is 38.5 Å². The zero-order valence-corrected chi connectivity index (χ0v) is 22.7. The van der Waals surface area contributed by atoms with Crippen LogP contribution in [-0.4, -0.2) is 50.9 Å². The highest BCUT2D eigenvalue weighted by Crippen LogP contribution is 2.48. The van der Waals surface area contributed by atoms with Crippen LogP contribution in [0.1, 0.15) is 49.7 Å². The molecule has 0 aromatic heterocycles. The van der Waals surface area contributed by atoms with E-state index >= 15 is 0 Å². The second kappa shape index (κ2) is 11.9. The number of aromatic hydroxyl groups is 1. The number of phenolic OH excluding ortho intramolecular Hbond substituents is 1. The summed E-state index contributed by atoms with van der Waals surface area (Å²) >= 11 is 6.33. The number of rotatable bonds is 9. The van der Waals surface area contributed by atoms with E-state index < -0.39 is 11.9 Å². The van der Waals surface area contributed by atoms with Gasteiger partial charge in [0.2, 0.25) is 0 Å². The fourth-order valence-corrected chi connectivity index (χ4v) is 5.31. The number of methoxy groups -OCH3 is 2. The molecule has 2 aromatic carbocycles. The minimum Gasteiger partial charge on any atom is -0.503 e. The zero-order valence-electron chi connectivity index (χ0n) is 21.9. The average molecular weight is 542 g/mol. The molecule has 0 saturated heterocycles. The second-order valence-corrected chi connectivity index (χ2v) is 9.58. The molecule has 4 rings (SSSR count). The SMILES string of the molecule is CCOCCOC(=O)C1=C(C)NC2=C(C(=O)C[C@@H](c3ccc(OC)cc3)C2)[C@H]1c1cc(Cl)c(O)c(OC)c1. The van der Waals surface area contributed by atoms with Gasteiger partial charge in [-0.25, -0.2) is 4.79 Å². The summed E-state index contributed by atoms with van der Waals surface area (Å²) in [4.78, 5) is 27.1. The van der Waals surface area contributed by atoms with Gasteiger partial charge in [0, 0.05) is 35.9 Å². The first-order valence-corrected chi connectivity index (χ1v) is 12.9. The molecule has 1 aliphatic heterocycles. The summed E-state index contributed by atoms with van der Waals surface area (Å²) in [5.74, 6) is -0.741. The standard InChI is InChI=1S/C29H32ClNO7/c1-5-37-10-11-38-29(34)25-16(2)31-22-13-18(17-6-8-20(35-3)9-7-17)14-23(32)27(22)26(25)19-12-21(30)28(33)24(15-19)36-4/h6-9,12,15,18,26,31,33H,5,10-11,13-14H2,1-4H3/t18-,26-/m0/s1. The third-order valence-electron chi connectivity index (χ3n) is 6.90. The molecule has 9 heteroatoms. The van der Waals surface area contributed by atoms with Gasteiger partial charge in [0.25, 0.3) is 0 Å². The number of carbonyl (C=O) groups excluding carboxylic acids is 2. The molecule has 0 bridgehead atoms. The van der Waals surface area contributed by atoms with E-state index in [1.807, 2.05) is 31.2 Å². The molecule has 2 aromatic rings. The number of dihydropyridines is 1. The van der Waals surface area contributed by atoms with E-state index in [2.05, 4.69) is 5.32 Å². The van der Waals surface area contributed by atoms with E-state index in [1.165, 1.54) is 7.11 Å². The van der Waals surface area contributed by atoms with Gasteiger partial charge in [-0.05, 0) is 61.6 Å². The largest absolute Gasteiger partial charge is 0.503 e. The van der Waals surface area contributed by atoms with Crippen LogP contribution in [0.3, 0.4) is 0 Å². The highest BCUT2D eigenvalue weighted by atomic mass is 35.5. The highest BCUT2D eigenvalue weighted by Gasteiger charge is 2.42. The second-order valence-electron chi connectivity index (χ2n) is 9.18. The first-order chi connectivity index (χ1) is 18.3. The van der Waals surface area contributed by atoms with E-state index in [0.717, 1.165) is 17.0 Å². The van der Waals surface area contributed by atoms with Crippen molar-refractivity contribution >= 4 is 23.4 Å². The molecule has 2 N–H and O–H groups in total. The molecule has 0 amide bonds. The Labute approximate surface area is 227 Å². The third kappa shape index (κ3) is 5.51. The minimum atomic E-state index is -0.748. The molecular weight excluding hydrogens is 510 g/mol. The molecule has 2 atom stereocenters. The van der Waals surface area contributed by atoms with Gasteiger partial charge >= 0.3 is 5.97 Å². The van der Waals surface area contributed by atoms with Crippen LogP contribution in [0.5, 0.6) is 17.2 Å². The van der Waals surface area contributed by atoms with Crippen molar-refractivity contribution < 1.29 is 33.6 Å². The predicted octanol–water partition coefficient (Wildman–Crippen LogP) is 5.00. The number of ketones is 1. The summed E-state index contributed by atoms with van der Waals surface area (Å²) in [6.45, 7) is 4.50. The van der Waals surface area contributed by atoms with E-state index in [0.29, 0.717) is 35.4 Å². The third-order valence-corrected chi connectivity index (χ3v) is 7.19. The van der Waals surface area contributed by atoms with Gasteiger partial charge in [0.15, 0.2) is 17.3 Å². The summed E-state index contributed by atoms with van der Waals surface area (Å²) in [6, 6.07) is 10.9. The number of Topliss-reactive ketones (excluding diaryl/α,β-unsaturated/α-hetero) is 1. The molecule has 2 aliphatic rings. The Morgan fingerprint density at radius 1 is 1.08 bits per heavy atom. The number of allylic oxidation sites excluding steroid dienone is 3. The Morgan fingerprint density at radius 2 is 1.82 bits per heavy atom. The van der Waals surface area contributed by atoms with Crippen LogP contribution in [0.2, 0.25) is 5.02 Å². The highest BCUT2D eigenvalue weighted by molar-refractivity contribution is 6.32. The van der Waals surface area contributed by atoms with Crippen LogP contribution in [-0.2, 0) is 19.1 Å². The van der Waals surface area contributed by atoms with Crippen LogP contribution in [0, 0.1) is 0 Å². The first kappa shape index (κ1) is 27.5.